The number of likely N-dealkylation sites (N-methyl/N-ethyl adjacent to an activating group) is 1. The van der Waals surface area contributed by atoms with Crippen LogP contribution in [0.2, 0.25) is 0 Å². The number of nitrogens with one attached hydrogen (secondary N) is 1. The highest BCUT2D eigenvalue weighted by molar-refractivity contribution is 6.08. The molecule has 35 heavy (non-hydrogen) atoms. The first-order valence-electron chi connectivity index (χ1n) is 12.4. The zero-order chi connectivity index (χ0) is 25.8. The Morgan fingerprint density at radius 2 is 1.66 bits per heavy atom. The Morgan fingerprint density at radius 1 is 1.03 bits per heavy atom. The highest BCUT2D eigenvalue weighted by atomic mass is 16.4. The maximum atomic E-state index is 13.3. The molecule has 0 atom stereocenters. The topological polar surface area (TPSA) is 72.9 Å². The molecule has 0 saturated carbocycles. The Kier molecular flexibility index (Phi) is 8.39. The van der Waals surface area contributed by atoms with Gasteiger partial charge < -0.3 is 20.2 Å². The number of piperazine rings is 1. The second-order valence-electron chi connectivity index (χ2n) is 10.9. The van der Waals surface area contributed by atoms with Gasteiger partial charge in [-0.1, -0.05) is 52.8 Å². The van der Waals surface area contributed by atoms with E-state index in [0.717, 1.165) is 55.2 Å². The molecule has 1 aliphatic rings. The van der Waals surface area contributed by atoms with Crippen molar-refractivity contribution in [3.05, 3.63) is 64.7 Å². The molecule has 0 spiro atoms. The fraction of sp³-hybridized carbons (Fsp3) is 0.448. The molecule has 6 nitrogen and oxygen atoms in total. The predicted molar refractivity (Wildman–Crippen MR) is 145 cm³/mol. The summed E-state index contributed by atoms with van der Waals surface area (Å²) < 4.78 is 0. The molecule has 2 aromatic rings. The zero-order valence-electron chi connectivity index (χ0n) is 21.9. The van der Waals surface area contributed by atoms with Gasteiger partial charge in [0.1, 0.15) is 0 Å². The molecule has 0 unspecified atom stereocenters. The number of nitrogens with zero attached hydrogens (tertiary/aromatic N) is 2. The first kappa shape index (κ1) is 26.5. The standard InChI is InChI=1S/C29H39N3O3/c1-20(2)19-30-27-24(29(3,4)5)17-23(18-25(27)32-15-13-31(6)14-16-32)26(33)12-9-21-7-10-22(11-8-21)28(34)35/h7-12,17-18,20,30H,13-16,19H2,1-6H3,(H,34,35)/b12-9+. The molecule has 0 radical (unpaired) electrons. The van der Waals surface area contributed by atoms with Crippen LogP contribution in [-0.2, 0) is 5.41 Å². The zero-order valence-corrected chi connectivity index (χ0v) is 21.9. The van der Waals surface area contributed by atoms with E-state index in [1.54, 1.807) is 36.4 Å². The molecular weight excluding hydrogens is 438 g/mol. The summed E-state index contributed by atoms with van der Waals surface area (Å²) in [7, 11) is 2.14. The Hall–Kier alpha value is -3.12. The van der Waals surface area contributed by atoms with E-state index in [1.165, 1.54) is 0 Å². The number of allylic oxidation sites excluding steroid dienone is 1. The van der Waals surface area contributed by atoms with Crippen LogP contribution in [0.3, 0.4) is 0 Å². The van der Waals surface area contributed by atoms with Gasteiger partial charge in [0, 0.05) is 38.3 Å². The van der Waals surface area contributed by atoms with Crippen LogP contribution in [0.4, 0.5) is 11.4 Å². The van der Waals surface area contributed by atoms with E-state index in [-0.39, 0.29) is 16.8 Å². The minimum atomic E-state index is -0.964. The SMILES string of the molecule is CC(C)CNc1c(N2CCN(C)CC2)cc(C(=O)/C=C/c2ccc(C(=O)O)cc2)cc1C(C)(C)C. The lowest BCUT2D eigenvalue weighted by Gasteiger charge is -2.37. The number of anilines is 2. The Labute approximate surface area is 209 Å². The van der Waals surface area contributed by atoms with Crippen molar-refractivity contribution in [1.29, 1.82) is 0 Å². The van der Waals surface area contributed by atoms with E-state index < -0.39 is 5.97 Å². The number of hydrogen-bond donors (Lipinski definition) is 2. The molecule has 1 aliphatic heterocycles. The lowest BCUT2D eigenvalue weighted by atomic mass is 9.83. The second kappa shape index (κ2) is 11.1. The average molecular weight is 478 g/mol. The summed E-state index contributed by atoms with van der Waals surface area (Å²) in [4.78, 5) is 29.1. The minimum absolute atomic E-state index is 0.0661. The number of carbonyl (C=O) groups is 2. The predicted octanol–water partition coefficient (Wildman–Crippen LogP) is 5.40. The Balaban J connectivity index is 2.00. The fourth-order valence-electron chi connectivity index (χ4n) is 4.15. The highest BCUT2D eigenvalue weighted by Crippen LogP contribution is 2.39. The lowest BCUT2D eigenvalue weighted by molar-refractivity contribution is 0.0696. The van der Waals surface area contributed by atoms with Gasteiger partial charge in [0.05, 0.1) is 16.9 Å². The number of aromatic carboxylic acids is 1. The molecule has 0 amide bonds. The van der Waals surface area contributed by atoms with Crippen molar-refractivity contribution < 1.29 is 14.7 Å². The lowest BCUT2D eigenvalue weighted by Crippen LogP contribution is -2.45. The van der Waals surface area contributed by atoms with Gasteiger partial charge in [-0.25, -0.2) is 4.79 Å². The van der Waals surface area contributed by atoms with E-state index >= 15 is 0 Å². The minimum Gasteiger partial charge on any atom is -0.478 e. The first-order chi connectivity index (χ1) is 16.5. The van der Waals surface area contributed by atoms with Crippen LogP contribution >= 0.6 is 0 Å². The van der Waals surface area contributed by atoms with Crippen molar-refractivity contribution in [2.75, 3.05) is 50.0 Å². The van der Waals surface area contributed by atoms with Gasteiger partial charge in [0.15, 0.2) is 5.78 Å². The van der Waals surface area contributed by atoms with Crippen molar-refractivity contribution in [2.45, 2.75) is 40.0 Å². The number of carboxylic acids is 1. The van der Waals surface area contributed by atoms with E-state index in [0.29, 0.717) is 11.5 Å². The van der Waals surface area contributed by atoms with Crippen LogP contribution in [0.25, 0.3) is 6.08 Å². The molecule has 2 aromatic carbocycles. The van der Waals surface area contributed by atoms with E-state index in [9.17, 15) is 9.59 Å². The van der Waals surface area contributed by atoms with Gasteiger partial charge in [-0.3, -0.25) is 4.79 Å². The number of carbonyl (C=O) groups excluding carboxylic acids is 1. The van der Waals surface area contributed by atoms with Crippen LogP contribution in [0.1, 0.15) is 66.5 Å². The summed E-state index contributed by atoms with van der Waals surface area (Å²) in [5, 5.41) is 12.8. The molecule has 0 bridgehead atoms. The van der Waals surface area contributed by atoms with Crippen molar-refractivity contribution in [3.8, 4) is 0 Å². The van der Waals surface area contributed by atoms with Crippen molar-refractivity contribution in [2.24, 2.45) is 5.92 Å². The quantitative estimate of drug-likeness (QED) is 0.392. The number of rotatable bonds is 8. The van der Waals surface area contributed by atoms with E-state index in [2.05, 4.69) is 56.8 Å². The first-order valence-corrected chi connectivity index (χ1v) is 12.4. The number of benzene rings is 2. The summed E-state index contributed by atoms with van der Waals surface area (Å²) in [6.07, 6.45) is 3.32. The van der Waals surface area contributed by atoms with Gasteiger partial charge >= 0.3 is 5.97 Å². The number of hydrogen-bond acceptors (Lipinski definition) is 5. The largest absolute Gasteiger partial charge is 0.478 e. The summed E-state index contributed by atoms with van der Waals surface area (Å²) >= 11 is 0. The van der Waals surface area contributed by atoms with Crippen LogP contribution in [0.5, 0.6) is 0 Å². The monoisotopic (exact) mass is 477 g/mol. The second-order valence-corrected chi connectivity index (χ2v) is 10.9. The molecule has 3 rings (SSSR count). The van der Waals surface area contributed by atoms with Crippen LogP contribution < -0.4 is 10.2 Å². The molecule has 1 fully saturated rings. The maximum absolute atomic E-state index is 13.3. The fourth-order valence-corrected chi connectivity index (χ4v) is 4.15. The maximum Gasteiger partial charge on any atom is 0.335 e. The number of carboxylic acid groups (broad SMARTS) is 1. The molecular formula is C29H39N3O3. The van der Waals surface area contributed by atoms with Crippen LogP contribution in [-0.4, -0.2) is 61.5 Å². The van der Waals surface area contributed by atoms with Gasteiger partial charge in [0.25, 0.3) is 0 Å². The summed E-state index contributed by atoms with van der Waals surface area (Å²) in [5.74, 6) is -0.530. The molecule has 2 N–H and O–H groups in total. The van der Waals surface area contributed by atoms with Gasteiger partial charge in [-0.05, 0) is 59.8 Å². The molecule has 0 aromatic heterocycles. The van der Waals surface area contributed by atoms with Crippen molar-refractivity contribution in [1.82, 2.24) is 4.90 Å². The molecule has 0 aliphatic carbocycles. The van der Waals surface area contributed by atoms with Crippen LogP contribution in [0.15, 0.2) is 42.5 Å². The molecule has 1 saturated heterocycles. The summed E-state index contributed by atoms with van der Waals surface area (Å²) in [5.41, 5.74) is 4.88. The van der Waals surface area contributed by atoms with Crippen LogP contribution in [0, 0.1) is 5.92 Å². The van der Waals surface area contributed by atoms with Gasteiger partial charge in [-0.15, -0.1) is 0 Å². The third-order valence-electron chi connectivity index (χ3n) is 6.33. The highest BCUT2D eigenvalue weighted by Gasteiger charge is 2.26. The van der Waals surface area contributed by atoms with E-state index in [4.69, 9.17) is 5.11 Å². The van der Waals surface area contributed by atoms with E-state index in [1.807, 2.05) is 12.1 Å². The van der Waals surface area contributed by atoms with Crippen molar-refractivity contribution in [3.63, 3.8) is 0 Å². The van der Waals surface area contributed by atoms with Gasteiger partial charge in [0.2, 0.25) is 0 Å². The molecule has 1 heterocycles. The third kappa shape index (κ3) is 6.95. The molecule has 6 heteroatoms. The normalized spacial score (nSPS) is 15.1. The van der Waals surface area contributed by atoms with Crippen molar-refractivity contribution >= 4 is 29.2 Å². The Morgan fingerprint density at radius 3 is 2.20 bits per heavy atom. The molecule has 188 valence electrons. The third-order valence-corrected chi connectivity index (χ3v) is 6.33. The number of ketones is 1. The smallest absolute Gasteiger partial charge is 0.335 e. The summed E-state index contributed by atoms with van der Waals surface area (Å²) in [6.45, 7) is 15.6. The van der Waals surface area contributed by atoms with Gasteiger partial charge in [-0.2, -0.15) is 0 Å². The Bertz CT molecular complexity index is 1070. The average Bonchev–Trinajstić information content (AvgIpc) is 2.80. The summed E-state index contributed by atoms with van der Waals surface area (Å²) in [6, 6.07) is 10.6.